The van der Waals surface area contributed by atoms with Crippen molar-refractivity contribution in [3.63, 3.8) is 0 Å². The molecule has 10 heteroatoms. The van der Waals surface area contributed by atoms with Crippen LogP contribution in [0.3, 0.4) is 0 Å². The molecule has 4 aromatic rings. The van der Waals surface area contributed by atoms with Gasteiger partial charge in [0.1, 0.15) is 23.7 Å². The highest BCUT2D eigenvalue weighted by atomic mass is 32.1. The maximum atomic E-state index is 14.3. The zero-order valence-electron chi connectivity index (χ0n) is 15.3. The second kappa shape index (κ2) is 6.99. The van der Waals surface area contributed by atoms with Gasteiger partial charge in [-0.1, -0.05) is 0 Å². The van der Waals surface area contributed by atoms with Crippen molar-refractivity contribution in [1.82, 2.24) is 19.7 Å². The van der Waals surface area contributed by atoms with Crippen LogP contribution < -0.4 is 10.5 Å². The van der Waals surface area contributed by atoms with Crippen LogP contribution in [-0.4, -0.2) is 32.3 Å². The molecule has 0 unspecified atom stereocenters. The highest BCUT2D eigenvalue weighted by Crippen LogP contribution is 2.40. The number of halogens is 2. The smallest absolute Gasteiger partial charge is 0.248 e. The molecule has 150 valence electrons. The summed E-state index contributed by atoms with van der Waals surface area (Å²) in [5, 5.41) is 8.48. The fourth-order valence-corrected chi connectivity index (χ4v) is 4.35. The van der Waals surface area contributed by atoms with Gasteiger partial charge < -0.3 is 10.5 Å². The van der Waals surface area contributed by atoms with E-state index in [9.17, 15) is 13.6 Å². The summed E-state index contributed by atoms with van der Waals surface area (Å²) in [6.07, 6.45) is 1.95. The number of amides is 1. The molecule has 7 nitrogen and oxygen atoms in total. The Morgan fingerprint density at radius 3 is 2.87 bits per heavy atom. The third-order valence-electron chi connectivity index (χ3n) is 4.71. The Bertz CT molecular complexity index is 1300. The molecule has 0 saturated heterocycles. The van der Waals surface area contributed by atoms with Crippen molar-refractivity contribution < 1.29 is 18.3 Å². The molecule has 2 aromatic carbocycles. The van der Waals surface area contributed by atoms with Crippen molar-refractivity contribution in [2.75, 3.05) is 6.61 Å². The molecule has 0 spiro atoms. The molecule has 1 aliphatic heterocycles. The Hall–Kier alpha value is -3.66. The molecular formula is C20H13F2N5O2S. The number of benzene rings is 2. The quantitative estimate of drug-likeness (QED) is 0.543. The summed E-state index contributed by atoms with van der Waals surface area (Å²) in [5.74, 6) is -1.04. The molecule has 0 radical (unpaired) electrons. The first-order valence-corrected chi connectivity index (χ1v) is 9.75. The summed E-state index contributed by atoms with van der Waals surface area (Å²) in [4.78, 5) is 17.2. The van der Waals surface area contributed by atoms with E-state index in [4.69, 9.17) is 15.5 Å². The molecular weight excluding hydrogens is 412 g/mol. The number of rotatable bonds is 3. The highest BCUT2D eigenvalue weighted by Gasteiger charge is 2.24. The number of nitrogens with zero attached hydrogens (tertiary/aromatic N) is 4. The molecule has 0 bridgehead atoms. The van der Waals surface area contributed by atoms with Gasteiger partial charge in [-0.25, -0.2) is 13.8 Å². The summed E-state index contributed by atoms with van der Waals surface area (Å²) < 4.78 is 34.8. The second-order valence-electron chi connectivity index (χ2n) is 6.58. The highest BCUT2D eigenvalue weighted by molar-refractivity contribution is 7.15. The molecule has 1 amide bonds. The van der Waals surface area contributed by atoms with Crippen molar-refractivity contribution in [2.45, 2.75) is 6.42 Å². The summed E-state index contributed by atoms with van der Waals surface area (Å²) in [6.45, 7) is 0.441. The molecule has 0 aliphatic carbocycles. The van der Waals surface area contributed by atoms with E-state index >= 15 is 0 Å². The third-order valence-corrected chi connectivity index (χ3v) is 5.82. The maximum Gasteiger partial charge on any atom is 0.248 e. The van der Waals surface area contributed by atoms with Gasteiger partial charge in [0, 0.05) is 28.5 Å². The van der Waals surface area contributed by atoms with Gasteiger partial charge >= 0.3 is 0 Å². The first kappa shape index (κ1) is 18.4. The van der Waals surface area contributed by atoms with Crippen LogP contribution in [0.5, 0.6) is 5.75 Å². The van der Waals surface area contributed by atoms with Gasteiger partial charge in [0.25, 0.3) is 0 Å². The maximum absolute atomic E-state index is 14.3. The van der Waals surface area contributed by atoms with Crippen LogP contribution in [-0.2, 0) is 6.42 Å². The number of ether oxygens (including phenoxy) is 1. The first-order valence-electron chi connectivity index (χ1n) is 8.94. The van der Waals surface area contributed by atoms with Crippen molar-refractivity contribution in [3.05, 3.63) is 64.8 Å². The topological polar surface area (TPSA) is 95.9 Å². The van der Waals surface area contributed by atoms with E-state index in [1.165, 1.54) is 28.3 Å². The summed E-state index contributed by atoms with van der Waals surface area (Å²) >= 11 is 1.37. The zero-order valence-corrected chi connectivity index (χ0v) is 16.1. The van der Waals surface area contributed by atoms with Gasteiger partial charge in [-0.05, 0) is 30.3 Å². The Morgan fingerprint density at radius 2 is 2.07 bits per heavy atom. The van der Waals surface area contributed by atoms with Crippen molar-refractivity contribution >= 4 is 17.2 Å². The van der Waals surface area contributed by atoms with E-state index in [1.807, 2.05) is 0 Å². The number of hydrogen-bond donors (Lipinski definition) is 1. The van der Waals surface area contributed by atoms with Gasteiger partial charge in [-0.3, -0.25) is 9.36 Å². The molecule has 5 rings (SSSR count). The number of thiazole rings is 1. The number of fused-ring (bicyclic) bond motifs is 3. The largest absolute Gasteiger partial charge is 0.493 e. The Labute approximate surface area is 172 Å². The normalized spacial score (nSPS) is 12.6. The first-order chi connectivity index (χ1) is 14.5. The van der Waals surface area contributed by atoms with E-state index in [0.29, 0.717) is 46.4 Å². The van der Waals surface area contributed by atoms with Gasteiger partial charge in [0.2, 0.25) is 5.91 Å². The molecule has 2 N–H and O–H groups in total. The average molecular weight is 425 g/mol. The Balaban J connectivity index is 1.64. The lowest BCUT2D eigenvalue weighted by molar-refractivity contribution is 0.100. The fourth-order valence-electron chi connectivity index (χ4n) is 3.31. The Morgan fingerprint density at radius 1 is 1.20 bits per heavy atom. The van der Waals surface area contributed by atoms with E-state index in [1.54, 1.807) is 18.2 Å². The summed E-state index contributed by atoms with van der Waals surface area (Å²) in [6, 6.07) is 8.23. The zero-order chi connectivity index (χ0) is 20.8. The van der Waals surface area contributed by atoms with Crippen LogP contribution in [0.2, 0.25) is 0 Å². The van der Waals surface area contributed by atoms with Crippen molar-refractivity contribution in [3.8, 4) is 33.5 Å². The van der Waals surface area contributed by atoms with Crippen molar-refractivity contribution in [2.24, 2.45) is 5.73 Å². The minimum absolute atomic E-state index is 0.113. The van der Waals surface area contributed by atoms with Crippen LogP contribution in [0.25, 0.3) is 27.8 Å². The monoisotopic (exact) mass is 425 g/mol. The molecule has 2 aromatic heterocycles. The third kappa shape index (κ3) is 3.01. The number of carbonyl (C=O) groups excluding carboxylic acids is 1. The summed E-state index contributed by atoms with van der Waals surface area (Å²) in [5.41, 5.74) is 7.18. The molecule has 30 heavy (non-hydrogen) atoms. The van der Waals surface area contributed by atoms with Gasteiger partial charge in [0.05, 0.1) is 18.0 Å². The van der Waals surface area contributed by atoms with E-state index in [0.717, 1.165) is 17.0 Å². The van der Waals surface area contributed by atoms with E-state index < -0.39 is 17.5 Å². The lowest BCUT2D eigenvalue weighted by Gasteiger charge is -2.08. The molecule has 0 atom stereocenters. The predicted octanol–water partition coefficient (Wildman–Crippen LogP) is 3.37. The summed E-state index contributed by atoms with van der Waals surface area (Å²) in [7, 11) is 0. The van der Waals surface area contributed by atoms with Gasteiger partial charge in [0.15, 0.2) is 10.8 Å². The van der Waals surface area contributed by atoms with Gasteiger partial charge in [-0.2, -0.15) is 0 Å². The van der Waals surface area contributed by atoms with Crippen LogP contribution >= 0.6 is 11.3 Å². The van der Waals surface area contributed by atoms with Crippen LogP contribution in [0.15, 0.2) is 42.7 Å². The number of nitrogens with two attached hydrogens (primary N) is 1. The SMILES string of the molecule is NC(=O)c1ccc2c(c1)-c1nc(-c3nncn3-c3ccc(F)cc3F)sc1CCO2. The number of primary amides is 1. The van der Waals surface area contributed by atoms with Crippen LogP contribution in [0, 0.1) is 11.6 Å². The van der Waals surface area contributed by atoms with Gasteiger partial charge in [-0.15, -0.1) is 21.5 Å². The molecule has 3 heterocycles. The average Bonchev–Trinajstić information content (AvgIpc) is 3.32. The number of hydrogen-bond acceptors (Lipinski definition) is 6. The fraction of sp³-hybridized carbons (Fsp3) is 0.100. The van der Waals surface area contributed by atoms with E-state index in [2.05, 4.69) is 10.2 Å². The number of carbonyl (C=O) groups is 1. The number of aromatic nitrogens is 4. The van der Waals surface area contributed by atoms with Crippen LogP contribution in [0.4, 0.5) is 8.78 Å². The minimum Gasteiger partial charge on any atom is -0.493 e. The second-order valence-corrected chi connectivity index (χ2v) is 7.67. The predicted molar refractivity (Wildman–Crippen MR) is 106 cm³/mol. The lowest BCUT2D eigenvalue weighted by Crippen LogP contribution is -2.11. The van der Waals surface area contributed by atoms with Crippen molar-refractivity contribution in [1.29, 1.82) is 0 Å². The molecule has 0 saturated carbocycles. The molecule has 0 fully saturated rings. The minimum atomic E-state index is -0.737. The standard InChI is InChI=1S/C20H13F2N5O2S/c21-11-2-3-14(13(22)8-11)27-9-24-26-19(27)20-25-17-12-7-10(18(23)28)1-4-15(12)29-6-5-16(17)30-20/h1-4,7-9H,5-6H2,(H2,23,28). The van der Waals surface area contributed by atoms with Crippen LogP contribution in [0.1, 0.15) is 15.2 Å². The van der Waals surface area contributed by atoms with E-state index in [-0.39, 0.29) is 5.69 Å². The lowest BCUT2D eigenvalue weighted by atomic mass is 10.1. The Kier molecular flexibility index (Phi) is 4.28. The molecule has 1 aliphatic rings.